The molecule has 52 valence electrons. The highest BCUT2D eigenvalue weighted by Gasteiger charge is 1.71. The molecule has 4 heteroatoms. The van der Waals surface area contributed by atoms with E-state index in [0.717, 1.165) is 0 Å². The van der Waals surface area contributed by atoms with Crippen molar-refractivity contribution in [1.82, 2.24) is 5.43 Å². The van der Waals surface area contributed by atoms with E-state index in [1.54, 1.807) is 13.1 Å². The third kappa shape index (κ3) is 7.10. The standard InChI is InChI=1S/C5H11N3O/c1-2-6-5-8-7-3-4-9/h2,5,7,9H,3-4H2,1H3/b6-2?,8-5-. The number of nitrogens with zero attached hydrogens (tertiary/aromatic N) is 2. The predicted molar refractivity (Wildman–Crippen MR) is 37.7 cm³/mol. The lowest BCUT2D eigenvalue weighted by Crippen LogP contribution is -2.10. The molecule has 0 aromatic heterocycles. The molecule has 0 rings (SSSR count). The highest BCUT2D eigenvalue weighted by Crippen LogP contribution is 1.58. The van der Waals surface area contributed by atoms with Gasteiger partial charge in [0, 0.05) is 6.21 Å². The van der Waals surface area contributed by atoms with Gasteiger partial charge in [0.2, 0.25) is 0 Å². The van der Waals surface area contributed by atoms with E-state index < -0.39 is 0 Å². The summed E-state index contributed by atoms with van der Waals surface area (Å²) < 4.78 is 0. The molecule has 0 aliphatic heterocycles. The van der Waals surface area contributed by atoms with E-state index in [9.17, 15) is 0 Å². The molecule has 0 aromatic rings. The summed E-state index contributed by atoms with van der Waals surface area (Å²) in [4.78, 5) is 3.68. The Morgan fingerprint density at radius 2 is 2.44 bits per heavy atom. The zero-order chi connectivity index (χ0) is 6.95. The summed E-state index contributed by atoms with van der Waals surface area (Å²) in [5.74, 6) is 0. The monoisotopic (exact) mass is 129 g/mol. The maximum Gasteiger partial charge on any atom is 0.134 e. The number of hydrogen-bond acceptors (Lipinski definition) is 3. The van der Waals surface area contributed by atoms with Crippen LogP contribution in [-0.2, 0) is 0 Å². The van der Waals surface area contributed by atoms with Crippen molar-refractivity contribution < 1.29 is 5.11 Å². The molecule has 9 heavy (non-hydrogen) atoms. The number of rotatable bonds is 4. The van der Waals surface area contributed by atoms with E-state index in [0.29, 0.717) is 6.54 Å². The molecule has 0 aliphatic carbocycles. The number of aliphatic hydroxyl groups excluding tert-OH is 1. The zero-order valence-electron chi connectivity index (χ0n) is 5.41. The Morgan fingerprint density at radius 3 is 3.00 bits per heavy atom. The Kier molecular flexibility index (Phi) is 6.39. The van der Waals surface area contributed by atoms with E-state index >= 15 is 0 Å². The van der Waals surface area contributed by atoms with Gasteiger partial charge < -0.3 is 10.5 Å². The summed E-state index contributed by atoms with van der Waals surface area (Å²) in [7, 11) is 0. The molecule has 0 amide bonds. The van der Waals surface area contributed by atoms with E-state index in [2.05, 4.69) is 15.5 Å². The number of aliphatic imine (C=N–C) groups is 1. The van der Waals surface area contributed by atoms with Crippen LogP contribution in [0.5, 0.6) is 0 Å². The summed E-state index contributed by atoms with van der Waals surface area (Å²) in [5.41, 5.74) is 2.58. The predicted octanol–water partition coefficient (Wildman–Crippen LogP) is -0.398. The second-order valence-electron chi connectivity index (χ2n) is 1.28. The Hall–Kier alpha value is -0.900. The lowest BCUT2D eigenvalue weighted by atomic mass is 10.7. The van der Waals surface area contributed by atoms with E-state index in [1.165, 1.54) is 6.34 Å². The normalized spacial score (nSPS) is 11.3. The average Bonchev–Trinajstić information content (AvgIpc) is 1.89. The highest BCUT2D eigenvalue weighted by atomic mass is 16.3. The van der Waals surface area contributed by atoms with Crippen LogP contribution in [-0.4, -0.2) is 30.8 Å². The number of hydrazone groups is 1. The van der Waals surface area contributed by atoms with Crippen molar-refractivity contribution in [3.05, 3.63) is 0 Å². The van der Waals surface area contributed by atoms with Crippen LogP contribution in [0.3, 0.4) is 0 Å². The van der Waals surface area contributed by atoms with Gasteiger partial charge >= 0.3 is 0 Å². The first-order chi connectivity index (χ1) is 4.41. The fourth-order valence-electron chi connectivity index (χ4n) is 0.255. The first-order valence-corrected chi connectivity index (χ1v) is 2.75. The molecule has 2 N–H and O–H groups in total. The molecule has 0 heterocycles. The average molecular weight is 129 g/mol. The summed E-state index contributed by atoms with van der Waals surface area (Å²) in [5, 5.41) is 11.9. The lowest BCUT2D eigenvalue weighted by Gasteiger charge is -1.90. The highest BCUT2D eigenvalue weighted by molar-refractivity contribution is 5.70. The van der Waals surface area contributed by atoms with Gasteiger partial charge in [-0.2, -0.15) is 5.10 Å². The van der Waals surface area contributed by atoms with Gasteiger partial charge in [-0.3, -0.25) is 0 Å². The number of hydrogen-bond donors (Lipinski definition) is 2. The Bertz CT molecular complexity index is 100. The molecule has 0 atom stereocenters. The SMILES string of the molecule is CC=N/C=N\NCCO. The van der Waals surface area contributed by atoms with Gasteiger partial charge in [0.25, 0.3) is 0 Å². The van der Waals surface area contributed by atoms with Crippen molar-refractivity contribution in [2.75, 3.05) is 13.2 Å². The Morgan fingerprint density at radius 1 is 1.67 bits per heavy atom. The molecule has 0 radical (unpaired) electrons. The molecular weight excluding hydrogens is 118 g/mol. The molecule has 0 fully saturated rings. The molecule has 0 saturated carbocycles. The van der Waals surface area contributed by atoms with Crippen LogP contribution in [0.2, 0.25) is 0 Å². The summed E-state index contributed by atoms with van der Waals surface area (Å²) in [6.07, 6.45) is 3.01. The van der Waals surface area contributed by atoms with Crippen molar-refractivity contribution in [1.29, 1.82) is 0 Å². The fourth-order valence-corrected chi connectivity index (χ4v) is 0.255. The number of nitrogens with one attached hydrogen (secondary N) is 1. The maximum absolute atomic E-state index is 8.25. The Labute approximate surface area is 54.3 Å². The molecule has 0 unspecified atom stereocenters. The first kappa shape index (κ1) is 8.10. The molecule has 0 aromatic carbocycles. The van der Waals surface area contributed by atoms with Gasteiger partial charge in [0.1, 0.15) is 6.34 Å². The van der Waals surface area contributed by atoms with Crippen molar-refractivity contribution >= 4 is 12.6 Å². The van der Waals surface area contributed by atoms with Crippen LogP contribution in [0.4, 0.5) is 0 Å². The van der Waals surface area contributed by atoms with Gasteiger partial charge in [-0.05, 0) is 6.92 Å². The van der Waals surface area contributed by atoms with Gasteiger partial charge in [0.05, 0.1) is 13.2 Å². The van der Waals surface area contributed by atoms with Crippen molar-refractivity contribution in [3.8, 4) is 0 Å². The minimum absolute atomic E-state index is 0.0905. The number of aliphatic hydroxyl groups is 1. The third-order valence-corrected chi connectivity index (χ3v) is 0.588. The minimum atomic E-state index is 0.0905. The van der Waals surface area contributed by atoms with Crippen LogP contribution in [0.1, 0.15) is 6.92 Å². The molecule has 0 spiro atoms. The van der Waals surface area contributed by atoms with Crippen LogP contribution in [0.25, 0.3) is 0 Å². The summed E-state index contributed by atoms with van der Waals surface area (Å²) in [6, 6.07) is 0. The van der Waals surface area contributed by atoms with Crippen LogP contribution >= 0.6 is 0 Å². The summed E-state index contributed by atoms with van der Waals surface area (Å²) in [6.45, 7) is 2.36. The van der Waals surface area contributed by atoms with Crippen LogP contribution < -0.4 is 5.43 Å². The van der Waals surface area contributed by atoms with Crippen LogP contribution in [0.15, 0.2) is 10.1 Å². The van der Waals surface area contributed by atoms with Gasteiger partial charge in [-0.1, -0.05) is 0 Å². The van der Waals surface area contributed by atoms with E-state index in [1.807, 2.05) is 0 Å². The van der Waals surface area contributed by atoms with Crippen LogP contribution in [0, 0.1) is 0 Å². The van der Waals surface area contributed by atoms with E-state index in [-0.39, 0.29) is 6.61 Å². The smallest absolute Gasteiger partial charge is 0.134 e. The maximum atomic E-state index is 8.25. The first-order valence-electron chi connectivity index (χ1n) is 2.75. The largest absolute Gasteiger partial charge is 0.394 e. The second kappa shape index (κ2) is 7.10. The molecule has 0 bridgehead atoms. The van der Waals surface area contributed by atoms with Crippen molar-refractivity contribution in [2.45, 2.75) is 6.92 Å². The topological polar surface area (TPSA) is 57.0 Å². The molecule has 4 nitrogen and oxygen atoms in total. The molecular formula is C5H11N3O. The zero-order valence-corrected chi connectivity index (χ0v) is 5.41. The lowest BCUT2D eigenvalue weighted by molar-refractivity contribution is 0.293. The summed E-state index contributed by atoms with van der Waals surface area (Å²) >= 11 is 0. The van der Waals surface area contributed by atoms with Gasteiger partial charge in [-0.25, -0.2) is 4.99 Å². The van der Waals surface area contributed by atoms with Crippen molar-refractivity contribution in [2.24, 2.45) is 10.1 Å². The fraction of sp³-hybridized carbons (Fsp3) is 0.600. The van der Waals surface area contributed by atoms with Crippen molar-refractivity contribution in [3.63, 3.8) is 0 Å². The second-order valence-corrected chi connectivity index (χ2v) is 1.28. The Balaban J connectivity index is 3.04. The van der Waals surface area contributed by atoms with Gasteiger partial charge in [-0.15, -0.1) is 0 Å². The molecule has 0 saturated heterocycles. The third-order valence-electron chi connectivity index (χ3n) is 0.588. The van der Waals surface area contributed by atoms with E-state index in [4.69, 9.17) is 5.11 Å². The minimum Gasteiger partial charge on any atom is -0.394 e. The quantitative estimate of drug-likeness (QED) is 0.235. The van der Waals surface area contributed by atoms with Gasteiger partial charge in [0.15, 0.2) is 0 Å². The molecule has 0 aliphatic rings.